The Morgan fingerprint density at radius 3 is 2.57 bits per heavy atom. The van der Waals surface area contributed by atoms with E-state index in [2.05, 4.69) is 24.5 Å². The number of ether oxygens (including phenoxy) is 1. The van der Waals surface area contributed by atoms with E-state index in [0.717, 1.165) is 26.0 Å². The number of amides is 1. The summed E-state index contributed by atoms with van der Waals surface area (Å²) in [7, 11) is 1.65. The lowest BCUT2D eigenvalue weighted by molar-refractivity contribution is -0.0350. The lowest BCUT2D eigenvalue weighted by Crippen LogP contribution is -2.41. The molecule has 1 aromatic carbocycles. The van der Waals surface area contributed by atoms with Crippen molar-refractivity contribution in [3.05, 3.63) is 35.4 Å². The van der Waals surface area contributed by atoms with Crippen LogP contribution in [0.3, 0.4) is 0 Å². The summed E-state index contributed by atoms with van der Waals surface area (Å²) in [5.74, 6) is 0.633. The van der Waals surface area contributed by atoms with Crippen molar-refractivity contribution >= 4 is 5.91 Å². The summed E-state index contributed by atoms with van der Waals surface area (Å²) in [5, 5.41) is 6.30. The van der Waals surface area contributed by atoms with Crippen LogP contribution in [-0.2, 0) is 11.3 Å². The van der Waals surface area contributed by atoms with Gasteiger partial charge in [0, 0.05) is 31.8 Å². The van der Waals surface area contributed by atoms with E-state index in [1.165, 1.54) is 18.4 Å². The lowest BCUT2D eigenvalue weighted by atomic mass is 9.89. The van der Waals surface area contributed by atoms with E-state index in [1.54, 1.807) is 7.05 Å². The minimum absolute atomic E-state index is 0.0399. The molecule has 0 radical (unpaired) electrons. The molecule has 2 atom stereocenters. The summed E-state index contributed by atoms with van der Waals surface area (Å²) in [6, 6.07) is 8.33. The van der Waals surface area contributed by atoms with Crippen molar-refractivity contribution in [1.82, 2.24) is 10.6 Å². The molecule has 23 heavy (non-hydrogen) atoms. The second kappa shape index (κ2) is 9.04. The van der Waals surface area contributed by atoms with Crippen LogP contribution in [0.2, 0.25) is 0 Å². The Balaban J connectivity index is 1.84. The maximum atomic E-state index is 11.5. The normalized spacial score (nSPS) is 21.4. The van der Waals surface area contributed by atoms with Gasteiger partial charge in [-0.05, 0) is 36.5 Å². The van der Waals surface area contributed by atoms with Gasteiger partial charge in [-0.25, -0.2) is 0 Å². The first kappa shape index (κ1) is 18.0. The Morgan fingerprint density at radius 2 is 1.96 bits per heavy atom. The molecule has 0 aromatic heterocycles. The Hall–Kier alpha value is -1.39. The van der Waals surface area contributed by atoms with E-state index in [1.807, 2.05) is 24.3 Å². The van der Waals surface area contributed by atoms with Crippen molar-refractivity contribution in [3.8, 4) is 0 Å². The molecule has 2 N–H and O–H groups in total. The van der Waals surface area contributed by atoms with Gasteiger partial charge in [-0.3, -0.25) is 4.79 Å². The van der Waals surface area contributed by atoms with Crippen molar-refractivity contribution in [1.29, 1.82) is 0 Å². The van der Waals surface area contributed by atoms with Gasteiger partial charge in [0.1, 0.15) is 0 Å². The first-order chi connectivity index (χ1) is 11.2. The topological polar surface area (TPSA) is 50.4 Å². The van der Waals surface area contributed by atoms with Gasteiger partial charge in [-0.2, -0.15) is 0 Å². The van der Waals surface area contributed by atoms with E-state index in [4.69, 9.17) is 4.74 Å². The van der Waals surface area contributed by atoms with Crippen LogP contribution in [0.25, 0.3) is 0 Å². The second-order valence-electron chi connectivity index (χ2n) is 6.36. The molecule has 0 saturated carbocycles. The predicted molar refractivity (Wildman–Crippen MR) is 93.5 cm³/mol. The molecule has 1 heterocycles. The molecule has 0 unspecified atom stereocenters. The maximum absolute atomic E-state index is 11.5. The van der Waals surface area contributed by atoms with Crippen molar-refractivity contribution in [2.24, 2.45) is 5.92 Å². The molecule has 1 amide bonds. The Labute approximate surface area is 140 Å². The smallest absolute Gasteiger partial charge is 0.251 e. The second-order valence-corrected chi connectivity index (χ2v) is 6.36. The van der Waals surface area contributed by atoms with Gasteiger partial charge >= 0.3 is 0 Å². The van der Waals surface area contributed by atoms with Gasteiger partial charge in [0.05, 0.1) is 6.10 Å². The highest BCUT2D eigenvalue weighted by Crippen LogP contribution is 2.25. The average Bonchev–Trinajstić information content (AvgIpc) is 2.61. The minimum atomic E-state index is -0.0399. The van der Waals surface area contributed by atoms with Crippen LogP contribution < -0.4 is 10.6 Å². The third-order valence-electron chi connectivity index (χ3n) is 4.93. The molecule has 0 bridgehead atoms. The standard InChI is InChI=1S/C19H30N2O2/c1-4-15(5-2)18-12-17(10-11-23-18)21-13-14-6-8-16(9-7-14)19(22)20-3/h6-9,15,17-18,21H,4-5,10-13H2,1-3H3,(H,20,22)/t17-,18-/m0/s1. The minimum Gasteiger partial charge on any atom is -0.378 e. The van der Waals surface area contributed by atoms with Crippen LogP contribution in [0.1, 0.15) is 55.5 Å². The lowest BCUT2D eigenvalue weighted by Gasteiger charge is -2.34. The van der Waals surface area contributed by atoms with Crippen LogP contribution in [-0.4, -0.2) is 31.7 Å². The van der Waals surface area contributed by atoms with Crippen LogP contribution in [0.5, 0.6) is 0 Å². The molecule has 4 heteroatoms. The predicted octanol–water partition coefficient (Wildman–Crippen LogP) is 3.12. The maximum Gasteiger partial charge on any atom is 0.251 e. The number of hydrogen-bond donors (Lipinski definition) is 2. The van der Waals surface area contributed by atoms with Gasteiger partial charge in [-0.15, -0.1) is 0 Å². The third kappa shape index (κ3) is 5.05. The van der Waals surface area contributed by atoms with Crippen LogP contribution in [0, 0.1) is 5.92 Å². The number of rotatable bonds is 7. The fourth-order valence-corrected chi connectivity index (χ4v) is 3.34. The van der Waals surface area contributed by atoms with Gasteiger partial charge in [0.2, 0.25) is 0 Å². The van der Waals surface area contributed by atoms with E-state index in [-0.39, 0.29) is 5.91 Å². The largest absolute Gasteiger partial charge is 0.378 e. The van der Waals surface area contributed by atoms with Gasteiger partial charge in [-0.1, -0.05) is 38.8 Å². The van der Waals surface area contributed by atoms with E-state index in [9.17, 15) is 4.79 Å². The van der Waals surface area contributed by atoms with Gasteiger partial charge in [0.15, 0.2) is 0 Å². The Morgan fingerprint density at radius 1 is 1.26 bits per heavy atom. The Bertz CT molecular complexity index is 483. The van der Waals surface area contributed by atoms with Crippen LogP contribution in [0.4, 0.5) is 0 Å². The highest BCUT2D eigenvalue weighted by atomic mass is 16.5. The molecular weight excluding hydrogens is 288 g/mol. The third-order valence-corrected chi connectivity index (χ3v) is 4.93. The fourth-order valence-electron chi connectivity index (χ4n) is 3.34. The molecule has 1 aliphatic heterocycles. The molecule has 0 aliphatic carbocycles. The molecule has 4 nitrogen and oxygen atoms in total. The summed E-state index contributed by atoms with van der Waals surface area (Å²) in [6.07, 6.45) is 4.95. The first-order valence-electron chi connectivity index (χ1n) is 8.83. The van der Waals surface area contributed by atoms with E-state index < -0.39 is 0 Å². The van der Waals surface area contributed by atoms with Crippen molar-refractivity contribution in [2.75, 3.05) is 13.7 Å². The summed E-state index contributed by atoms with van der Waals surface area (Å²) in [6.45, 7) is 6.20. The molecular formula is C19H30N2O2. The molecule has 2 rings (SSSR count). The fraction of sp³-hybridized carbons (Fsp3) is 0.632. The summed E-state index contributed by atoms with van der Waals surface area (Å²) < 4.78 is 5.97. The molecule has 1 aliphatic rings. The number of benzene rings is 1. The first-order valence-corrected chi connectivity index (χ1v) is 8.83. The van der Waals surface area contributed by atoms with Gasteiger partial charge < -0.3 is 15.4 Å². The summed E-state index contributed by atoms with van der Waals surface area (Å²) >= 11 is 0. The zero-order valence-electron chi connectivity index (χ0n) is 14.6. The molecule has 1 fully saturated rings. The molecule has 1 aromatic rings. The SMILES string of the molecule is CCC(CC)[C@@H]1C[C@@H](NCc2ccc(C(=O)NC)cc2)CCO1. The van der Waals surface area contributed by atoms with Gasteiger partial charge in [0.25, 0.3) is 5.91 Å². The molecule has 1 saturated heterocycles. The van der Waals surface area contributed by atoms with E-state index >= 15 is 0 Å². The van der Waals surface area contributed by atoms with Crippen molar-refractivity contribution < 1.29 is 9.53 Å². The summed E-state index contributed by atoms with van der Waals surface area (Å²) in [4.78, 5) is 11.5. The zero-order valence-corrected chi connectivity index (χ0v) is 14.6. The van der Waals surface area contributed by atoms with Crippen molar-refractivity contribution in [2.45, 2.75) is 58.2 Å². The summed E-state index contributed by atoms with van der Waals surface area (Å²) in [5.41, 5.74) is 1.92. The zero-order chi connectivity index (χ0) is 16.7. The molecule has 0 spiro atoms. The number of carbonyl (C=O) groups is 1. The monoisotopic (exact) mass is 318 g/mol. The highest BCUT2D eigenvalue weighted by molar-refractivity contribution is 5.93. The van der Waals surface area contributed by atoms with Crippen LogP contribution >= 0.6 is 0 Å². The molecule has 128 valence electrons. The quantitative estimate of drug-likeness (QED) is 0.812. The number of carbonyl (C=O) groups excluding carboxylic acids is 1. The van der Waals surface area contributed by atoms with E-state index in [0.29, 0.717) is 23.6 Å². The van der Waals surface area contributed by atoms with Crippen LogP contribution in [0.15, 0.2) is 24.3 Å². The number of nitrogens with one attached hydrogen (secondary N) is 2. The average molecular weight is 318 g/mol. The Kier molecular flexibility index (Phi) is 7.06. The highest BCUT2D eigenvalue weighted by Gasteiger charge is 2.27. The number of hydrogen-bond acceptors (Lipinski definition) is 3. The van der Waals surface area contributed by atoms with Crippen molar-refractivity contribution in [3.63, 3.8) is 0 Å².